The van der Waals surface area contributed by atoms with Crippen molar-refractivity contribution in [3.05, 3.63) is 120 Å². The predicted molar refractivity (Wildman–Crippen MR) is 226 cm³/mol. The lowest BCUT2D eigenvalue weighted by Gasteiger charge is -2.60. The number of carbonyl (C=O) groups is 1. The molecule has 59 heavy (non-hydrogen) atoms. The number of hydrogen-bond acceptors (Lipinski definition) is 10. The Hall–Kier alpha value is -5.10. The number of amides is 1. The molecule has 11 heteroatoms. The van der Waals surface area contributed by atoms with Crippen LogP contribution in [0.2, 0.25) is 0 Å². The highest BCUT2D eigenvalue weighted by molar-refractivity contribution is 6.03. The van der Waals surface area contributed by atoms with Crippen LogP contribution in [0.25, 0.3) is 0 Å². The van der Waals surface area contributed by atoms with Crippen molar-refractivity contribution in [2.75, 3.05) is 39.8 Å². The average molecular weight is 807 g/mol. The SMILES string of the molecule is C=CCOc1ccc2c(c1)[C@H]1[C@H](CCCCO)[C@@H](CCCCO)C=C3C(=NOCc4ccccc4)C[C@H](N(CCC)C(=O)c4ccc5c(c4)OCO5)[C@@](OCC=C)(O2)[C@H]31. The Morgan fingerprint density at radius 2 is 1.69 bits per heavy atom. The minimum atomic E-state index is -1.37. The number of carbonyl (C=O) groups excluding carboxylic acids is 1. The Morgan fingerprint density at radius 3 is 2.46 bits per heavy atom. The lowest BCUT2D eigenvalue weighted by Crippen LogP contribution is -2.70. The smallest absolute Gasteiger partial charge is 0.254 e. The van der Waals surface area contributed by atoms with E-state index in [1.165, 1.54) is 0 Å². The zero-order valence-corrected chi connectivity index (χ0v) is 34.1. The second-order valence-corrected chi connectivity index (χ2v) is 15.7. The fourth-order valence-corrected chi connectivity index (χ4v) is 9.49. The summed E-state index contributed by atoms with van der Waals surface area (Å²) < 4.78 is 31.9. The molecule has 4 aliphatic rings. The molecule has 0 spiro atoms. The number of allylic oxidation sites excluding steroid dienone is 1. The molecule has 2 aliphatic heterocycles. The topological polar surface area (TPSA) is 129 Å². The second-order valence-electron chi connectivity index (χ2n) is 15.7. The molecule has 0 bridgehead atoms. The van der Waals surface area contributed by atoms with Crippen LogP contribution in [0.1, 0.15) is 85.7 Å². The van der Waals surface area contributed by atoms with Crippen LogP contribution in [-0.2, 0) is 16.2 Å². The van der Waals surface area contributed by atoms with Gasteiger partial charge in [0.25, 0.3) is 5.91 Å². The third kappa shape index (κ3) is 8.93. The number of aliphatic hydroxyl groups is 2. The Labute approximate surface area is 347 Å². The molecule has 1 amide bonds. The van der Waals surface area contributed by atoms with Crippen molar-refractivity contribution >= 4 is 11.6 Å². The number of unbranched alkanes of at least 4 members (excludes halogenated alkanes) is 2. The summed E-state index contributed by atoms with van der Waals surface area (Å²) in [6.45, 7) is 11.5. The molecule has 0 saturated heterocycles. The molecule has 2 heterocycles. The van der Waals surface area contributed by atoms with Crippen LogP contribution in [0, 0.1) is 17.8 Å². The summed E-state index contributed by atoms with van der Waals surface area (Å²) in [6, 6.07) is 20.5. The minimum absolute atomic E-state index is 0.0902. The third-order valence-corrected chi connectivity index (χ3v) is 12.0. The van der Waals surface area contributed by atoms with E-state index in [9.17, 15) is 10.2 Å². The van der Waals surface area contributed by atoms with Crippen LogP contribution in [0.5, 0.6) is 23.0 Å². The Balaban J connectivity index is 1.44. The normalized spacial score (nSPS) is 24.3. The first kappa shape index (κ1) is 42.0. The molecule has 3 aromatic carbocycles. The molecule has 3 aromatic rings. The van der Waals surface area contributed by atoms with Crippen LogP contribution in [0.3, 0.4) is 0 Å². The third-order valence-electron chi connectivity index (χ3n) is 12.0. The molecule has 11 nitrogen and oxygen atoms in total. The number of benzene rings is 3. The van der Waals surface area contributed by atoms with Crippen molar-refractivity contribution in [1.82, 2.24) is 4.90 Å². The largest absolute Gasteiger partial charge is 0.490 e. The van der Waals surface area contributed by atoms with Gasteiger partial charge in [-0.25, -0.2) is 0 Å². The van der Waals surface area contributed by atoms with Gasteiger partial charge >= 0.3 is 0 Å². The molecule has 0 aromatic heterocycles. The van der Waals surface area contributed by atoms with E-state index in [0.717, 1.165) is 48.1 Å². The van der Waals surface area contributed by atoms with Gasteiger partial charge in [-0.15, -0.1) is 6.58 Å². The van der Waals surface area contributed by atoms with Gasteiger partial charge in [-0.1, -0.05) is 80.1 Å². The quantitative estimate of drug-likeness (QED) is 0.0620. The molecule has 0 unspecified atom stereocenters. The number of nitrogens with zero attached hydrogens (tertiary/aromatic N) is 2. The zero-order chi connectivity index (χ0) is 41.2. The van der Waals surface area contributed by atoms with Crippen LogP contribution in [-0.4, -0.2) is 78.3 Å². The molecule has 6 atom stereocenters. The van der Waals surface area contributed by atoms with Gasteiger partial charge in [0, 0.05) is 43.2 Å². The van der Waals surface area contributed by atoms with Crippen LogP contribution < -0.4 is 18.9 Å². The predicted octanol–water partition coefficient (Wildman–Crippen LogP) is 8.37. The molecular weight excluding hydrogens is 749 g/mol. The van der Waals surface area contributed by atoms with E-state index in [-0.39, 0.29) is 56.9 Å². The summed E-state index contributed by atoms with van der Waals surface area (Å²) in [5.74, 6) is 0.534. The Kier molecular flexibility index (Phi) is 14.1. The average Bonchev–Trinajstić information content (AvgIpc) is 3.74. The first-order valence-corrected chi connectivity index (χ1v) is 21.1. The maximum absolute atomic E-state index is 15.0. The summed E-state index contributed by atoms with van der Waals surface area (Å²) >= 11 is 0. The van der Waals surface area contributed by atoms with Crippen LogP contribution in [0.15, 0.2) is 109 Å². The number of ether oxygens (including phenoxy) is 5. The molecule has 2 aliphatic carbocycles. The van der Waals surface area contributed by atoms with E-state index in [4.69, 9.17) is 33.7 Å². The lowest BCUT2D eigenvalue weighted by molar-refractivity contribution is -0.254. The number of rotatable bonds is 21. The van der Waals surface area contributed by atoms with Gasteiger partial charge in [-0.05, 0) is 91.5 Å². The fourth-order valence-electron chi connectivity index (χ4n) is 9.49. The van der Waals surface area contributed by atoms with E-state index in [1.54, 1.807) is 30.4 Å². The van der Waals surface area contributed by atoms with Crippen molar-refractivity contribution in [1.29, 1.82) is 0 Å². The molecule has 7 rings (SSSR count). The molecule has 314 valence electrons. The second kappa shape index (κ2) is 19.8. The van der Waals surface area contributed by atoms with Crippen molar-refractivity contribution in [3.63, 3.8) is 0 Å². The summed E-state index contributed by atoms with van der Waals surface area (Å²) in [7, 11) is 0. The lowest BCUT2D eigenvalue weighted by atomic mass is 9.55. The van der Waals surface area contributed by atoms with Crippen LogP contribution >= 0.6 is 0 Å². The molecular formula is C48H58N2O9. The molecule has 0 radical (unpaired) electrons. The van der Waals surface area contributed by atoms with Gasteiger partial charge < -0.3 is 43.6 Å². The standard InChI is InChI=1S/C48H58N2O9/c1-4-22-50(47(53)35-18-20-42-43(28-35)56-32-55-42)44-30-40(49-58-31-33-14-8-7-9-15-33)38-27-34(16-10-12-23-51)37(17-11-13-24-52)45-39-29-36(54-25-5-2)19-21-41(39)59-48(44,46(38)45)57-26-6-3/h5-9,14-15,18-21,27-29,34,37,44-46,51-52H,2-4,10-13,16-17,22-26,30-32H2,1H3/t34-,37+,44-,45+,46+,48+/m0/s1. The monoisotopic (exact) mass is 806 g/mol. The first-order valence-electron chi connectivity index (χ1n) is 21.1. The summed E-state index contributed by atoms with van der Waals surface area (Å²) in [5, 5.41) is 24.8. The highest BCUT2D eigenvalue weighted by Gasteiger charge is 2.65. The van der Waals surface area contributed by atoms with E-state index in [2.05, 4.69) is 32.2 Å². The van der Waals surface area contributed by atoms with Gasteiger partial charge in [-0.2, -0.15) is 0 Å². The van der Waals surface area contributed by atoms with Crippen molar-refractivity contribution in [2.45, 2.75) is 82.6 Å². The highest BCUT2D eigenvalue weighted by atomic mass is 16.7. The molecule has 2 N–H and O–H groups in total. The molecule has 1 fully saturated rings. The summed E-state index contributed by atoms with van der Waals surface area (Å²) in [6.07, 6.45) is 11.5. The van der Waals surface area contributed by atoms with Gasteiger partial charge in [-0.3, -0.25) is 4.79 Å². The van der Waals surface area contributed by atoms with Gasteiger partial charge in [0.15, 0.2) is 11.5 Å². The number of hydrogen-bond donors (Lipinski definition) is 2. The minimum Gasteiger partial charge on any atom is -0.490 e. The van der Waals surface area contributed by atoms with E-state index < -0.39 is 17.7 Å². The van der Waals surface area contributed by atoms with Gasteiger partial charge in [0.05, 0.1) is 18.2 Å². The first-order chi connectivity index (χ1) is 29.0. The number of aliphatic hydroxyl groups excluding tert-OH is 2. The van der Waals surface area contributed by atoms with Crippen molar-refractivity contribution < 1.29 is 43.5 Å². The maximum atomic E-state index is 15.0. The highest BCUT2D eigenvalue weighted by Crippen LogP contribution is 2.62. The number of fused-ring (bicyclic) bond motifs is 3. The summed E-state index contributed by atoms with van der Waals surface area (Å²) in [5.41, 5.74) is 4.17. The fraction of sp³-hybridized carbons (Fsp3) is 0.458. The Bertz CT molecular complexity index is 1980. The van der Waals surface area contributed by atoms with Crippen LogP contribution in [0.4, 0.5) is 0 Å². The van der Waals surface area contributed by atoms with Crippen molar-refractivity contribution in [3.8, 4) is 23.0 Å². The van der Waals surface area contributed by atoms with E-state index >= 15 is 4.79 Å². The van der Waals surface area contributed by atoms with Gasteiger partial charge in [0.1, 0.15) is 30.8 Å². The Morgan fingerprint density at radius 1 is 0.932 bits per heavy atom. The van der Waals surface area contributed by atoms with Gasteiger partial charge in [0.2, 0.25) is 12.6 Å². The molecule has 1 saturated carbocycles. The maximum Gasteiger partial charge on any atom is 0.254 e. The van der Waals surface area contributed by atoms with Crippen molar-refractivity contribution in [2.24, 2.45) is 22.9 Å². The van der Waals surface area contributed by atoms with E-state index in [1.807, 2.05) is 47.4 Å². The summed E-state index contributed by atoms with van der Waals surface area (Å²) in [4.78, 5) is 23.2. The zero-order valence-electron chi connectivity index (χ0n) is 34.1. The van der Waals surface area contributed by atoms with E-state index in [0.29, 0.717) is 67.4 Å². The number of oxime groups is 1.